The van der Waals surface area contributed by atoms with Crippen LogP contribution in [0.15, 0.2) is 12.8 Å². The van der Waals surface area contributed by atoms with Crippen LogP contribution < -0.4 is 0 Å². The normalized spacial score (nSPS) is 8.40. The maximum absolute atomic E-state index is 10.4. The summed E-state index contributed by atoms with van der Waals surface area (Å²) >= 11 is 0. The maximum Gasteiger partial charge on any atom is 0.311 e. The van der Waals surface area contributed by atoms with Gasteiger partial charge in [0.15, 0.2) is 0 Å². The van der Waals surface area contributed by atoms with Crippen molar-refractivity contribution in [1.82, 2.24) is 0 Å². The molecule has 0 saturated heterocycles. The lowest BCUT2D eigenvalue weighted by Gasteiger charge is -1.93. The Morgan fingerprint density at radius 3 is 2.50 bits per heavy atom. The zero-order chi connectivity index (χ0) is 7.98. The number of ether oxygens (including phenoxy) is 1. The molecule has 0 aromatic heterocycles. The fourth-order valence-electron chi connectivity index (χ4n) is 0.361. The molecule has 0 aromatic carbocycles. The number of hydrogen-bond donors (Lipinski definition) is 1. The number of carboxylic acid groups (broad SMARTS) is 1. The van der Waals surface area contributed by atoms with Crippen molar-refractivity contribution in [2.75, 3.05) is 0 Å². The van der Waals surface area contributed by atoms with Gasteiger partial charge in [0.1, 0.15) is 0 Å². The Labute approximate surface area is 58.1 Å². The van der Waals surface area contributed by atoms with E-state index >= 15 is 0 Å². The molecule has 4 nitrogen and oxygen atoms in total. The molecule has 0 bridgehead atoms. The van der Waals surface area contributed by atoms with Gasteiger partial charge in [-0.25, -0.2) is 0 Å². The fourth-order valence-corrected chi connectivity index (χ4v) is 0.361. The molecule has 0 aliphatic rings. The van der Waals surface area contributed by atoms with Crippen LogP contribution in [0.3, 0.4) is 0 Å². The third kappa shape index (κ3) is 4.83. The summed E-state index contributed by atoms with van der Waals surface area (Å²) in [4.78, 5) is 20.3. The molecule has 0 amide bonds. The van der Waals surface area contributed by atoms with E-state index in [4.69, 9.17) is 5.11 Å². The van der Waals surface area contributed by atoms with Gasteiger partial charge in [0.25, 0.3) is 0 Å². The number of carboxylic acids is 1. The minimum Gasteiger partial charge on any atom is -0.481 e. The third-order valence-electron chi connectivity index (χ3n) is 0.758. The quantitative estimate of drug-likeness (QED) is 0.462. The van der Waals surface area contributed by atoms with Crippen molar-refractivity contribution in [2.45, 2.75) is 12.8 Å². The molecule has 0 unspecified atom stereocenters. The van der Waals surface area contributed by atoms with Crippen LogP contribution in [-0.2, 0) is 14.3 Å². The molecule has 0 heterocycles. The van der Waals surface area contributed by atoms with Crippen LogP contribution >= 0.6 is 0 Å². The molecule has 4 heteroatoms. The van der Waals surface area contributed by atoms with Crippen LogP contribution in [0.1, 0.15) is 12.8 Å². The van der Waals surface area contributed by atoms with Crippen molar-refractivity contribution < 1.29 is 19.4 Å². The number of aliphatic carboxylic acids is 1. The highest BCUT2D eigenvalue weighted by atomic mass is 16.5. The molecular weight excluding hydrogens is 136 g/mol. The van der Waals surface area contributed by atoms with Gasteiger partial charge in [-0.15, -0.1) is 0 Å². The number of carbonyl (C=O) groups is 2. The molecule has 0 fully saturated rings. The lowest BCUT2D eigenvalue weighted by molar-refractivity contribution is -0.144. The highest BCUT2D eigenvalue weighted by Crippen LogP contribution is 1.91. The van der Waals surface area contributed by atoms with Crippen molar-refractivity contribution in [1.29, 1.82) is 0 Å². The second-order valence-electron chi connectivity index (χ2n) is 1.55. The first kappa shape index (κ1) is 8.68. The maximum atomic E-state index is 10.4. The molecule has 56 valence electrons. The van der Waals surface area contributed by atoms with E-state index in [0.717, 1.165) is 6.26 Å². The Kier molecular flexibility index (Phi) is 3.95. The van der Waals surface area contributed by atoms with E-state index in [1.165, 1.54) is 0 Å². The van der Waals surface area contributed by atoms with Gasteiger partial charge < -0.3 is 9.84 Å². The predicted molar refractivity (Wildman–Crippen MR) is 33.2 cm³/mol. The van der Waals surface area contributed by atoms with E-state index in [1.807, 2.05) is 0 Å². The van der Waals surface area contributed by atoms with E-state index in [9.17, 15) is 9.59 Å². The second-order valence-corrected chi connectivity index (χ2v) is 1.55. The Balaban J connectivity index is 3.39. The van der Waals surface area contributed by atoms with Crippen molar-refractivity contribution in [3.8, 4) is 0 Å². The Morgan fingerprint density at radius 1 is 1.50 bits per heavy atom. The van der Waals surface area contributed by atoms with Crippen LogP contribution in [0.5, 0.6) is 0 Å². The van der Waals surface area contributed by atoms with Gasteiger partial charge in [0.05, 0.1) is 19.1 Å². The standard InChI is InChI=1S/C6H8O4/c1-2-10-6(9)4-3-5(7)8/h2H,1,3-4H2,(H,7,8). The van der Waals surface area contributed by atoms with E-state index in [0.29, 0.717) is 0 Å². The van der Waals surface area contributed by atoms with Gasteiger partial charge in [-0.05, 0) is 0 Å². The summed E-state index contributed by atoms with van der Waals surface area (Å²) < 4.78 is 4.25. The molecule has 0 aliphatic heterocycles. The van der Waals surface area contributed by atoms with Crippen molar-refractivity contribution in [2.24, 2.45) is 0 Å². The Hall–Kier alpha value is -1.32. The number of carbonyl (C=O) groups excluding carboxylic acids is 1. The molecule has 0 aliphatic carbocycles. The lowest BCUT2D eigenvalue weighted by Crippen LogP contribution is -2.03. The summed E-state index contributed by atoms with van der Waals surface area (Å²) in [5, 5.41) is 8.10. The zero-order valence-electron chi connectivity index (χ0n) is 5.37. The van der Waals surface area contributed by atoms with E-state index < -0.39 is 11.9 Å². The SMILES string of the molecule is C=COC(=O)CCC(=O)O. The Morgan fingerprint density at radius 2 is 2.10 bits per heavy atom. The zero-order valence-corrected chi connectivity index (χ0v) is 5.37. The van der Waals surface area contributed by atoms with Gasteiger partial charge in [-0.3, -0.25) is 9.59 Å². The molecule has 10 heavy (non-hydrogen) atoms. The van der Waals surface area contributed by atoms with Gasteiger partial charge in [-0.2, -0.15) is 0 Å². The minimum absolute atomic E-state index is 0.110. The molecule has 0 saturated carbocycles. The molecule has 0 radical (unpaired) electrons. The van der Waals surface area contributed by atoms with Crippen LogP contribution in [0.4, 0.5) is 0 Å². The summed E-state index contributed by atoms with van der Waals surface area (Å²) in [7, 11) is 0. The molecular formula is C6H8O4. The number of hydrogen-bond acceptors (Lipinski definition) is 3. The number of esters is 1. The average Bonchev–Trinajstić information content (AvgIpc) is 1.85. The van der Waals surface area contributed by atoms with E-state index in [1.54, 1.807) is 0 Å². The predicted octanol–water partition coefficient (Wildman–Crippen LogP) is 0.538. The van der Waals surface area contributed by atoms with Crippen LogP contribution in [0.2, 0.25) is 0 Å². The third-order valence-corrected chi connectivity index (χ3v) is 0.758. The monoisotopic (exact) mass is 144 g/mol. The summed E-state index contributed by atoms with van der Waals surface area (Å²) in [6, 6.07) is 0. The second kappa shape index (κ2) is 4.55. The van der Waals surface area contributed by atoms with Crippen LogP contribution in [0.25, 0.3) is 0 Å². The van der Waals surface area contributed by atoms with E-state index in [2.05, 4.69) is 11.3 Å². The van der Waals surface area contributed by atoms with E-state index in [-0.39, 0.29) is 12.8 Å². The first-order valence-corrected chi connectivity index (χ1v) is 2.69. The Bertz CT molecular complexity index is 150. The lowest BCUT2D eigenvalue weighted by atomic mass is 10.3. The topological polar surface area (TPSA) is 63.6 Å². The molecule has 0 aromatic rings. The first-order chi connectivity index (χ1) is 4.66. The first-order valence-electron chi connectivity index (χ1n) is 2.69. The fraction of sp³-hybridized carbons (Fsp3) is 0.333. The van der Waals surface area contributed by atoms with Crippen LogP contribution in [0, 0.1) is 0 Å². The van der Waals surface area contributed by atoms with Crippen LogP contribution in [-0.4, -0.2) is 17.0 Å². The smallest absolute Gasteiger partial charge is 0.311 e. The summed E-state index contributed by atoms with van der Waals surface area (Å²) in [5.41, 5.74) is 0. The summed E-state index contributed by atoms with van der Waals surface area (Å²) in [6.07, 6.45) is 0.665. The minimum atomic E-state index is -1.01. The van der Waals surface area contributed by atoms with Crippen molar-refractivity contribution >= 4 is 11.9 Å². The van der Waals surface area contributed by atoms with Crippen molar-refractivity contribution in [3.63, 3.8) is 0 Å². The molecule has 1 N–H and O–H groups in total. The summed E-state index contributed by atoms with van der Waals surface area (Å²) in [5.74, 6) is -1.58. The highest BCUT2D eigenvalue weighted by Gasteiger charge is 2.03. The highest BCUT2D eigenvalue weighted by molar-refractivity contribution is 5.76. The molecule has 0 atom stereocenters. The van der Waals surface area contributed by atoms with Gasteiger partial charge in [0, 0.05) is 0 Å². The van der Waals surface area contributed by atoms with Gasteiger partial charge >= 0.3 is 11.9 Å². The largest absolute Gasteiger partial charge is 0.481 e. The summed E-state index contributed by atoms with van der Waals surface area (Å²) in [6.45, 7) is 3.14. The number of rotatable bonds is 4. The van der Waals surface area contributed by atoms with Gasteiger partial charge in [-0.1, -0.05) is 6.58 Å². The van der Waals surface area contributed by atoms with Crippen molar-refractivity contribution in [3.05, 3.63) is 12.8 Å². The average molecular weight is 144 g/mol. The van der Waals surface area contributed by atoms with Gasteiger partial charge in [0.2, 0.25) is 0 Å². The molecule has 0 spiro atoms. The molecule has 0 rings (SSSR count).